The Balaban J connectivity index is 0.000000260. The summed E-state index contributed by atoms with van der Waals surface area (Å²) in [7, 11) is 0. The highest BCUT2D eigenvalue weighted by molar-refractivity contribution is 6.32. The standard InChI is InChI=1S/2C12H15Cl/c1-12(2,3)9-8-10-4-6-11(13)7-5-10;1-12(2,3)9-8-10-6-4-5-7-11(10)13/h2*4-9H,1-3H3/b2*9-8+. The molecular weight excluding hydrogens is 359 g/mol. The van der Waals surface area contributed by atoms with Gasteiger partial charge in [0.05, 0.1) is 0 Å². The monoisotopic (exact) mass is 388 g/mol. The number of hydrogen-bond acceptors (Lipinski definition) is 0. The first kappa shape index (κ1) is 22.5. The van der Waals surface area contributed by atoms with Gasteiger partial charge in [-0.25, -0.2) is 0 Å². The van der Waals surface area contributed by atoms with Crippen molar-refractivity contribution >= 4 is 35.4 Å². The van der Waals surface area contributed by atoms with Crippen molar-refractivity contribution in [3.63, 3.8) is 0 Å². The zero-order valence-electron chi connectivity index (χ0n) is 16.7. The molecule has 0 radical (unpaired) electrons. The average molecular weight is 389 g/mol. The Morgan fingerprint density at radius 1 is 0.654 bits per heavy atom. The molecule has 0 saturated carbocycles. The Bertz CT molecular complexity index is 724. The second kappa shape index (κ2) is 10.00. The molecule has 0 nitrogen and oxygen atoms in total. The van der Waals surface area contributed by atoms with E-state index in [4.69, 9.17) is 23.2 Å². The molecule has 0 aliphatic heterocycles. The first-order valence-electron chi connectivity index (χ1n) is 8.85. The maximum atomic E-state index is 6.00. The highest BCUT2D eigenvalue weighted by atomic mass is 35.5. The molecule has 0 spiro atoms. The summed E-state index contributed by atoms with van der Waals surface area (Å²) in [6, 6.07) is 15.7. The molecule has 0 aromatic heterocycles. The molecular formula is C24H30Cl2. The fraction of sp³-hybridized carbons (Fsp3) is 0.333. The molecule has 0 amide bonds. The van der Waals surface area contributed by atoms with Crippen molar-refractivity contribution < 1.29 is 0 Å². The molecule has 2 rings (SSSR count). The number of hydrogen-bond donors (Lipinski definition) is 0. The Labute approximate surface area is 169 Å². The van der Waals surface area contributed by atoms with Crippen molar-refractivity contribution in [1.29, 1.82) is 0 Å². The van der Waals surface area contributed by atoms with Gasteiger partial charge in [-0.1, -0.05) is 119 Å². The van der Waals surface area contributed by atoms with Crippen LogP contribution in [0.3, 0.4) is 0 Å². The van der Waals surface area contributed by atoms with Gasteiger partial charge >= 0.3 is 0 Å². The summed E-state index contributed by atoms with van der Waals surface area (Å²) in [5.74, 6) is 0. The molecule has 0 saturated heterocycles. The van der Waals surface area contributed by atoms with Crippen LogP contribution >= 0.6 is 23.2 Å². The predicted molar refractivity (Wildman–Crippen MR) is 120 cm³/mol. The SMILES string of the molecule is CC(C)(C)/C=C/c1ccc(Cl)cc1.CC(C)(C)/C=C/c1ccccc1Cl. The van der Waals surface area contributed by atoms with E-state index in [1.54, 1.807) is 0 Å². The van der Waals surface area contributed by atoms with Gasteiger partial charge in [-0.3, -0.25) is 0 Å². The van der Waals surface area contributed by atoms with E-state index in [2.05, 4.69) is 65.8 Å². The van der Waals surface area contributed by atoms with E-state index in [1.807, 2.05) is 48.5 Å². The summed E-state index contributed by atoms with van der Waals surface area (Å²) in [6.45, 7) is 13.0. The largest absolute Gasteiger partial charge is 0.0843 e. The van der Waals surface area contributed by atoms with Crippen molar-refractivity contribution in [3.05, 3.63) is 81.9 Å². The topological polar surface area (TPSA) is 0 Å². The van der Waals surface area contributed by atoms with E-state index in [0.29, 0.717) is 0 Å². The van der Waals surface area contributed by atoms with Crippen LogP contribution in [0, 0.1) is 10.8 Å². The predicted octanol–water partition coefficient (Wildman–Crippen LogP) is 8.80. The average Bonchev–Trinajstić information content (AvgIpc) is 2.53. The molecule has 2 heteroatoms. The van der Waals surface area contributed by atoms with Crippen LogP contribution in [0.25, 0.3) is 12.2 Å². The zero-order chi connectivity index (χ0) is 19.8. The number of halogens is 2. The fourth-order valence-electron chi connectivity index (χ4n) is 1.87. The van der Waals surface area contributed by atoms with Crippen LogP contribution in [-0.4, -0.2) is 0 Å². The van der Waals surface area contributed by atoms with E-state index in [1.165, 1.54) is 5.56 Å². The number of rotatable bonds is 2. The van der Waals surface area contributed by atoms with Crippen molar-refractivity contribution in [2.45, 2.75) is 41.5 Å². The van der Waals surface area contributed by atoms with Gasteiger partial charge in [-0.2, -0.15) is 0 Å². The fourth-order valence-corrected chi connectivity index (χ4v) is 2.19. The van der Waals surface area contributed by atoms with Crippen molar-refractivity contribution in [3.8, 4) is 0 Å². The molecule has 26 heavy (non-hydrogen) atoms. The highest BCUT2D eigenvalue weighted by Crippen LogP contribution is 2.21. The molecule has 0 bridgehead atoms. The van der Waals surface area contributed by atoms with Gasteiger partial charge in [0.25, 0.3) is 0 Å². The summed E-state index contributed by atoms with van der Waals surface area (Å²) in [5.41, 5.74) is 2.72. The molecule has 0 aliphatic rings. The van der Waals surface area contributed by atoms with E-state index in [0.717, 1.165) is 15.6 Å². The summed E-state index contributed by atoms with van der Waals surface area (Å²) in [5, 5.41) is 1.59. The van der Waals surface area contributed by atoms with Crippen LogP contribution in [0.1, 0.15) is 52.7 Å². The second-order valence-electron chi connectivity index (χ2n) is 8.47. The first-order chi connectivity index (χ1) is 12.0. The van der Waals surface area contributed by atoms with Crippen LogP contribution in [0.5, 0.6) is 0 Å². The molecule has 0 fully saturated rings. The normalized spacial score (nSPS) is 12.3. The van der Waals surface area contributed by atoms with E-state index >= 15 is 0 Å². The lowest BCUT2D eigenvalue weighted by molar-refractivity contribution is 0.547. The molecule has 2 aromatic carbocycles. The second-order valence-corrected chi connectivity index (χ2v) is 9.32. The van der Waals surface area contributed by atoms with Gasteiger partial charge in [-0.15, -0.1) is 0 Å². The minimum Gasteiger partial charge on any atom is -0.0843 e. The van der Waals surface area contributed by atoms with Crippen molar-refractivity contribution in [2.24, 2.45) is 10.8 Å². The van der Waals surface area contributed by atoms with Crippen LogP contribution in [0.15, 0.2) is 60.7 Å². The minimum atomic E-state index is 0.208. The van der Waals surface area contributed by atoms with Gasteiger partial charge in [-0.05, 0) is 40.2 Å². The number of allylic oxidation sites excluding steroid dienone is 2. The van der Waals surface area contributed by atoms with Gasteiger partial charge < -0.3 is 0 Å². The van der Waals surface area contributed by atoms with Crippen LogP contribution in [0.2, 0.25) is 10.0 Å². The first-order valence-corrected chi connectivity index (χ1v) is 9.60. The molecule has 2 aromatic rings. The molecule has 0 heterocycles. The number of benzene rings is 2. The third kappa shape index (κ3) is 10.5. The third-order valence-corrected chi connectivity index (χ3v) is 3.91. The van der Waals surface area contributed by atoms with E-state index in [-0.39, 0.29) is 10.8 Å². The Morgan fingerprint density at radius 2 is 1.15 bits per heavy atom. The van der Waals surface area contributed by atoms with Gasteiger partial charge in [0, 0.05) is 10.0 Å². The summed E-state index contributed by atoms with van der Waals surface area (Å²) < 4.78 is 0. The maximum absolute atomic E-state index is 6.00. The Hall–Kier alpha value is -1.50. The molecule has 0 N–H and O–H groups in total. The lowest BCUT2D eigenvalue weighted by Gasteiger charge is -2.11. The lowest BCUT2D eigenvalue weighted by atomic mass is 9.95. The summed E-state index contributed by atoms with van der Waals surface area (Å²) >= 11 is 11.8. The molecule has 140 valence electrons. The summed E-state index contributed by atoms with van der Waals surface area (Å²) in [4.78, 5) is 0. The van der Waals surface area contributed by atoms with E-state index < -0.39 is 0 Å². The van der Waals surface area contributed by atoms with Crippen LogP contribution < -0.4 is 0 Å². The minimum absolute atomic E-state index is 0.208. The van der Waals surface area contributed by atoms with Crippen molar-refractivity contribution in [2.75, 3.05) is 0 Å². The van der Waals surface area contributed by atoms with Gasteiger partial charge in [0.15, 0.2) is 0 Å². The highest BCUT2D eigenvalue weighted by Gasteiger charge is 2.04. The molecule has 0 atom stereocenters. The summed E-state index contributed by atoms with van der Waals surface area (Å²) in [6.07, 6.45) is 8.54. The van der Waals surface area contributed by atoms with E-state index in [9.17, 15) is 0 Å². The van der Waals surface area contributed by atoms with Crippen molar-refractivity contribution in [1.82, 2.24) is 0 Å². The smallest absolute Gasteiger partial charge is 0.0478 e. The van der Waals surface area contributed by atoms with Gasteiger partial charge in [0.1, 0.15) is 0 Å². The lowest BCUT2D eigenvalue weighted by Crippen LogP contribution is -1.97. The Morgan fingerprint density at radius 3 is 1.65 bits per heavy atom. The third-order valence-electron chi connectivity index (χ3n) is 3.31. The maximum Gasteiger partial charge on any atom is 0.0478 e. The Kier molecular flexibility index (Phi) is 8.67. The zero-order valence-corrected chi connectivity index (χ0v) is 18.2. The van der Waals surface area contributed by atoms with Gasteiger partial charge in [0.2, 0.25) is 0 Å². The molecule has 0 aliphatic carbocycles. The van der Waals surface area contributed by atoms with Crippen LogP contribution in [0.4, 0.5) is 0 Å². The molecule has 0 unspecified atom stereocenters. The quantitative estimate of drug-likeness (QED) is 0.481. The van der Waals surface area contributed by atoms with Crippen LogP contribution in [-0.2, 0) is 0 Å².